The molecule has 1 aromatic rings. The van der Waals surface area contributed by atoms with Crippen LogP contribution in [-0.4, -0.2) is 44.5 Å². The number of hydrogen-bond donors (Lipinski definition) is 1. The summed E-state index contributed by atoms with van der Waals surface area (Å²) in [5.74, 6) is 0. The predicted molar refractivity (Wildman–Crippen MR) is 73.2 cm³/mol. The number of ether oxygens (including phenoxy) is 2. The lowest BCUT2D eigenvalue weighted by Crippen LogP contribution is -2.58. The van der Waals surface area contributed by atoms with E-state index in [0.29, 0.717) is 6.54 Å². The number of hydrogen-bond acceptors (Lipinski definition) is 4. The lowest BCUT2D eigenvalue weighted by Gasteiger charge is -2.42. The Kier molecular flexibility index (Phi) is 5.75. The van der Waals surface area contributed by atoms with Gasteiger partial charge in [-0.1, -0.05) is 30.3 Å². The minimum Gasteiger partial charge on any atom is -0.354 e. The monoisotopic (exact) mass is 252 g/mol. The van der Waals surface area contributed by atoms with Crippen LogP contribution in [0.2, 0.25) is 0 Å². The van der Waals surface area contributed by atoms with Crippen LogP contribution in [0.25, 0.3) is 0 Å². The van der Waals surface area contributed by atoms with Gasteiger partial charge in [-0.2, -0.15) is 0 Å². The molecule has 0 saturated heterocycles. The standard InChI is InChI=1S/C14H24N2O2/c1-14(11-15,13(17-3)18-4)16(2)10-12-8-6-5-7-9-12/h5-9,13H,10-11,15H2,1-4H3. The fourth-order valence-corrected chi connectivity index (χ4v) is 2.07. The molecule has 0 amide bonds. The zero-order valence-corrected chi connectivity index (χ0v) is 11.7. The van der Waals surface area contributed by atoms with Crippen molar-refractivity contribution in [2.24, 2.45) is 5.73 Å². The molecule has 1 aromatic carbocycles. The Morgan fingerprint density at radius 2 is 1.78 bits per heavy atom. The van der Waals surface area contributed by atoms with Crippen LogP contribution in [0.3, 0.4) is 0 Å². The van der Waals surface area contributed by atoms with Crippen LogP contribution >= 0.6 is 0 Å². The maximum Gasteiger partial charge on any atom is 0.176 e. The second kappa shape index (κ2) is 6.85. The van der Waals surface area contributed by atoms with E-state index in [0.717, 1.165) is 6.54 Å². The van der Waals surface area contributed by atoms with E-state index in [1.807, 2.05) is 32.2 Å². The van der Waals surface area contributed by atoms with Crippen LogP contribution in [0.15, 0.2) is 30.3 Å². The van der Waals surface area contributed by atoms with Gasteiger partial charge in [-0.25, -0.2) is 0 Å². The highest BCUT2D eigenvalue weighted by molar-refractivity contribution is 5.15. The van der Waals surface area contributed by atoms with E-state index in [1.54, 1.807) is 14.2 Å². The van der Waals surface area contributed by atoms with Crippen molar-refractivity contribution in [1.29, 1.82) is 0 Å². The normalized spacial score (nSPS) is 15.1. The largest absolute Gasteiger partial charge is 0.354 e. The topological polar surface area (TPSA) is 47.7 Å². The van der Waals surface area contributed by atoms with Gasteiger partial charge in [0.15, 0.2) is 6.29 Å². The number of nitrogens with zero attached hydrogens (tertiary/aromatic N) is 1. The third-order valence-electron chi connectivity index (χ3n) is 3.48. The summed E-state index contributed by atoms with van der Waals surface area (Å²) in [5.41, 5.74) is 6.79. The molecule has 0 saturated carbocycles. The zero-order valence-electron chi connectivity index (χ0n) is 11.7. The first-order valence-corrected chi connectivity index (χ1v) is 6.09. The van der Waals surface area contributed by atoms with Gasteiger partial charge < -0.3 is 15.2 Å². The van der Waals surface area contributed by atoms with Gasteiger partial charge in [-0.05, 0) is 19.5 Å². The van der Waals surface area contributed by atoms with Crippen molar-refractivity contribution in [2.75, 3.05) is 27.8 Å². The fraction of sp³-hybridized carbons (Fsp3) is 0.571. The van der Waals surface area contributed by atoms with Crippen LogP contribution in [-0.2, 0) is 16.0 Å². The van der Waals surface area contributed by atoms with E-state index in [4.69, 9.17) is 15.2 Å². The molecule has 1 unspecified atom stereocenters. The van der Waals surface area contributed by atoms with Gasteiger partial charge in [0, 0.05) is 27.3 Å². The minimum absolute atomic E-state index is 0.351. The highest BCUT2D eigenvalue weighted by atomic mass is 16.7. The average molecular weight is 252 g/mol. The molecule has 0 heterocycles. The number of likely N-dealkylation sites (N-methyl/N-ethyl adjacent to an activating group) is 1. The molecule has 0 aliphatic heterocycles. The molecule has 0 aliphatic carbocycles. The van der Waals surface area contributed by atoms with Crippen molar-refractivity contribution < 1.29 is 9.47 Å². The van der Waals surface area contributed by atoms with Crippen molar-refractivity contribution in [3.05, 3.63) is 35.9 Å². The van der Waals surface area contributed by atoms with Gasteiger partial charge in [-0.15, -0.1) is 0 Å². The quantitative estimate of drug-likeness (QED) is 0.746. The van der Waals surface area contributed by atoms with Crippen LogP contribution in [0.4, 0.5) is 0 Å². The molecular formula is C14H24N2O2. The maximum atomic E-state index is 5.91. The van der Waals surface area contributed by atoms with Crippen LogP contribution < -0.4 is 5.73 Å². The second-order valence-corrected chi connectivity index (χ2v) is 4.71. The predicted octanol–water partition coefficient (Wildman–Crippen LogP) is 1.45. The highest BCUT2D eigenvalue weighted by Crippen LogP contribution is 2.22. The molecule has 0 radical (unpaired) electrons. The zero-order chi connectivity index (χ0) is 13.6. The lowest BCUT2D eigenvalue weighted by atomic mass is 9.98. The molecule has 0 bridgehead atoms. The van der Waals surface area contributed by atoms with Crippen molar-refractivity contribution >= 4 is 0 Å². The van der Waals surface area contributed by atoms with Gasteiger partial charge in [0.25, 0.3) is 0 Å². The molecule has 1 atom stereocenters. The van der Waals surface area contributed by atoms with Gasteiger partial charge in [0.2, 0.25) is 0 Å². The highest BCUT2D eigenvalue weighted by Gasteiger charge is 2.37. The smallest absolute Gasteiger partial charge is 0.176 e. The maximum absolute atomic E-state index is 5.91. The second-order valence-electron chi connectivity index (χ2n) is 4.71. The Morgan fingerprint density at radius 3 is 2.22 bits per heavy atom. The number of methoxy groups -OCH3 is 2. The van der Waals surface area contributed by atoms with Crippen molar-refractivity contribution in [1.82, 2.24) is 4.90 Å². The number of benzene rings is 1. The molecule has 1 rings (SSSR count). The summed E-state index contributed by atoms with van der Waals surface area (Å²) >= 11 is 0. The molecule has 2 N–H and O–H groups in total. The van der Waals surface area contributed by atoms with Gasteiger partial charge >= 0.3 is 0 Å². The van der Waals surface area contributed by atoms with E-state index >= 15 is 0 Å². The first-order valence-electron chi connectivity index (χ1n) is 6.09. The number of nitrogens with two attached hydrogens (primary N) is 1. The minimum atomic E-state index is -0.362. The summed E-state index contributed by atoms with van der Waals surface area (Å²) in [6.07, 6.45) is -0.351. The molecule has 0 fully saturated rings. The molecule has 0 spiro atoms. The third-order valence-corrected chi connectivity index (χ3v) is 3.48. The van der Waals surface area contributed by atoms with Crippen molar-refractivity contribution in [3.63, 3.8) is 0 Å². The summed E-state index contributed by atoms with van der Waals surface area (Å²) in [7, 11) is 5.31. The Hall–Kier alpha value is -0.940. The SMILES string of the molecule is COC(OC)C(C)(CN)N(C)Cc1ccccc1. The summed E-state index contributed by atoms with van der Waals surface area (Å²) < 4.78 is 10.7. The summed E-state index contributed by atoms with van der Waals surface area (Å²) in [5, 5.41) is 0. The number of rotatable bonds is 7. The molecular weight excluding hydrogens is 228 g/mol. The molecule has 4 heteroatoms. The van der Waals surface area contributed by atoms with E-state index in [9.17, 15) is 0 Å². The van der Waals surface area contributed by atoms with Crippen molar-refractivity contribution in [3.8, 4) is 0 Å². The Balaban J connectivity index is 2.81. The third kappa shape index (κ3) is 3.29. The summed E-state index contributed by atoms with van der Waals surface area (Å²) in [4.78, 5) is 2.17. The van der Waals surface area contributed by atoms with E-state index in [2.05, 4.69) is 17.0 Å². The molecule has 4 nitrogen and oxygen atoms in total. The van der Waals surface area contributed by atoms with Crippen LogP contribution in [0.1, 0.15) is 12.5 Å². The van der Waals surface area contributed by atoms with Gasteiger partial charge in [-0.3, -0.25) is 4.90 Å². The summed E-state index contributed by atoms with van der Waals surface area (Å²) in [6, 6.07) is 10.3. The molecule has 18 heavy (non-hydrogen) atoms. The summed E-state index contributed by atoms with van der Waals surface area (Å²) in [6.45, 7) is 3.31. The first-order chi connectivity index (χ1) is 8.58. The lowest BCUT2D eigenvalue weighted by molar-refractivity contribution is -0.178. The fourth-order valence-electron chi connectivity index (χ4n) is 2.07. The molecule has 102 valence electrons. The molecule has 0 aromatic heterocycles. The Labute approximate surface area is 110 Å². The van der Waals surface area contributed by atoms with E-state index in [-0.39, 0.29) is 11.8 Å². The van der Waals surface area contributed by atoms with Gasteiger partial charge in [0.05, 0.1) is 5.54 Å². The molecule has 0 aliphatic rings. The van der Waals surface area contributed by atoms with E-state index in [1.165, 1.54) is 5.56 Å². The van der Waals surface area contributed by atoms with Crippen molar-refractivity contribution in [2.45, 2.75) is 25.3 Å². The average Bonchev–Trinajstić information content (AvgIpc) is 2.40. The van der Waals surface area contributed by atoms with Gasteiger partial charge in [0.1, 0.15) is 0 Å². The first kappa shape index (κ1) is 15.1. The van der Waals surface area contributed by atoms with Crippen LogP contribution in [0.5, 0.6) is 0 Å². The Morgan fingerprint density at radius 1 is 1.22 bits per heavy atom. The van der Waals surface area contributed by atoms with E-state index < -0.39 is 0 Å². The van der Waals surface area contributed by atoms with Crippen LogP contribution in [0, 0.1) is 0 Å². The Bertz CT molecular complexity index is 341.